The predicted molar refractivity (Wildman–Crippen MR) is 230 cm³/mol. The molecule has 0 amide bonds. The number of fused-ring (bicyclic) bond motifs is 10. The van der Waals surface area contributed by atoms with Gasteiger partial charge in [0.2, 0.25) is 0 Å². The summed E-state index contributed by atoms with van der Waals surface area (Å²) < 4.78 is 31.3. The summed E-state index contributed by atoms with van der Waals surface area (Å²) in [6, 6.07) is 27.5. The van der Waals surface area contributed by atoms with Crippen LogP contribution in [0.3, 0.4) is 0 Å². The molecule has 3 aromatic carbocycles. The summed E-state index contributed by atoms with van der Waals surface area (Å²) in [6.07, 6.45) is 9.19. The van der Waals surface area contributed by atoms with Crippen LogP contribution in [0.4, 0.5) is 0 Å². The summed E-state index contributed by atoms with van der Waals surface area (Å²) in [5.41, 5.74) is 4.41. The second-order valence-corrected chi connectivity index (χ2v) is 21.8. The minimum atomic E-state index is -3.88. The third-order valence-electron chi connectivity index (χ3n) is 15.1. The molecular weight excluding hydrogens is 747 g/mol. The van der Waals surface area contributed by atoms with Crippen LogP contribution in [0.25, 0.3) is 11.1 Å². The van der Waals surface area contributed by atoms with E-state index in [9.17, 15) is 23.4 Å². The van der Waals surface area contributed by atoms with E-state index in [-0.39, 0.29) is 29.6 Å². The molecule has 1 heterocycles. The van der Waals surface area contributed by atoms with Crippen molar-refractivity contribution in [1.29, 1.82) is 0 Å². The summed E-state index contributed by atoms with van der Waals surface area (Å²) in [4.78, 5) is 14.7. The summed E-state index contributed by atoms with van der Waals surface area (Å²) >= 11 is 1.24. The Labute approximate surface area is 344 Å². The van der Waals surface area contributed by atoms with Crippen LogP contribution < -0.4 is 0 Å². The number of nitrogens with zero attached hydrogens (tertiary/aromatic N) is 1. The molecule has 4 saturated carbocycles. The van der Waals surface area contributed by atoms with Gasteiger partial charge in [-0.1, -0.05) is 105 Å². The monoisotopic (exact) mass is 805 g/mol. The first kappa shape index (κ1) is 40.4. The lowest BCUT2D eigenvalue weighted by Gasteiger charge is -2.60. The summed E-state index contributed by atoms with van der Waals surface area (Å²) in [5, 5.41) is 26.2. The van der Waals surface area contributed by atoms with Crippen molar-refractivity contribution in [2.24, 2.45) is 28.6 Å². The lowest BCUT2D eigenvalue weighted by atomic mass is 9.45. The average molecular weight is 806 g/mol. The average Bonchev–Trinajstić information content (AvgIpc) is 3.84. The van der Waals surface area contributed by atoms with E-state index in [0.29, 0.717) is 72.2 Å². The van der Waals surface area contributed by atoms with Gasteiger partial charge in [-0.25, -0.2) is 8.42 Å². The zero-order chi connectivity index (χ0) is 40.2. The first-order valence-electron chi connectivity index (χ1n) is 21.1. The number of carbonyl (C=O) groups is 1. The Morgan fingerprint density at radius 2 is 1.65 bits per heavy atom. The largest absolute Gasteiger partial charge is 0.393 e. The van der Waals surface area contributed by atoms with Gasteiger partial charge in [0.05, 0.1) is 11.7 Å². The number of ketones is 1. The van der Waals surface area contributed by atoms with E-state index < -0.39 is 27.1 Å². The molecule has 10 rings (SSSR count). The number of thiophene rings is 1. The van der Waals surface area contributed by atoms with E-state index >= 15 is 0 Å². The molecule has 4 aromatic rings. The van der Waals surface area contributed by atoms with E-state index in [1.807, 2.05) is 60.0 Å². The molecule has 0 saturated heterocycles. The lowest BCUT2D eigenvalue weighted by molar-refractivity contribution is -0.114. The number of hydrogen-bond donors (Lipinski definition) is 2. The maximum absolute atomic E-state index is 14.7. The van der Waals surface area contributed by atoms with Crippen LogP contribution in [0.15, 0.2) is 106 Å². The maximum Gasteiger partial charge on any atom is 0.252 e. The minimum Gasteiger partial charge on any atom is -0.393 e. The summed E-state index contributed by atoms with van der Waals surface area (Å²) in [5.74, 6) is 1.13. The highest BCUT2D eigenvalue weighted by molar-refractivity contribution is 7.91. The Kier molecular flexibility index (Phi) is 11.1. The van der Waals surface area contributed by atoms with Crippen molar-refractivity contribution in [3.8, 4) is 11.1 Å². The van der Waals surface area contributed by atoms with Crippen LogP contribution in [0, 0.1) is 28.6 Å². The van der Waals surface area contributed by atoms with E-state index in [1.54, 1.807) is 16.4 Å². The Bertz CT molecular complexity index is 2210. The van der Waals surface area contributed by atoms with Gasteiger partial charge in [-0.15, -0.1) is 11.3 Å². The topological polar surface area (TPSA) is 94.9 Å². The van der Waals surface area contributed by atoms with Gasteiger partial charge in [-0.05, 0) is 140 Å². The second-order valence-electron chi connectivity index (χ2n) is 18.6. The SMILES string of the molecule is CC1=CCCC2(C)C(CCC2(O)CN(CC2CCC3CC2C3(C)C)S(=O)(=O)c2cccs2)c2ccc(cc2C(=O)c2ccc(-c3ccccc3)cc2)CC(O)CC1. The van der Waals surface area contributed by atoms with Crippen molar-refractivity contribution in [2.75, 3.05) is 13.1 Å². The zero-order valence-electron chi connectivity index (χ0n) is 34.0. The molecule has 7 unspecified atom stereocenters. The molecular formula is C49H59NO5S2. The molecule has 302 valence electrons. The number of aliphatic hydroxyl groups is 2. The quantitative estimate of drug-likeness (QED) is 0.130. The normalized spacial score (nSPS) is 29.9. The van der Waals surface area contributed by atoms with E-state index in [1.165, 1.54) is 16.9 Å². The smallest absolute Gasteiger partial charge is 0.252 e. The van der Waals surface area contributed by atoms with Crippen molar-refractivity contribution in [1.82, 2.24) is 4.31 Å². The maximum atomic E-state index is 14.7. The Morgan fingerprint density at radius 1 is 0.895 bits per heavy atom. The molecule has 6 aliphatic carbocycles. The van der Waals surface area contributed by atoms with Gasteiger partial charge >= 0.3 is 0 Å². The van der Waals surface area contributed by atoms with Crippen LogP contribution in [0.5, 0.6) is 0 Å². The van der Waals surface area contributed by atoms with E-state index in [4.69, 9.17) is 0 Å². The van der Waals surface area contributed by atoms with Crippen molar-refractivity contribution in [2.45, 2.75) is 114 Å². The van der Waals surface area contributed by atoms with E-state index in [2.05, 4.69) is 52.0 Å². The van der Waals surface area contributed by atoms with Crippen molar-refractivity contribution in [3.63, 3.8) is 0 Å². The Morgan fingerprint density at radius 3 is 2.35 bits per heavy atom. The molecule has 0 radical (unpaired) electrons. The van der Waals surface area contributed by atoms with Gasteiger partial charge in [0.1, 0.15) is 4.21 Å². The fraction of sp³-hybridized carbons (Fsp3) is 0.490. The van der Waals surface area contributed by atoms with Crippen LogP contribution in [-0.4, -0.2) is 53.5 Å². The molecule has 6 aliphatic rings. The van der Waals surface area contributed by atoms with Crippen molar-refractivity contribution in [3.05, 3.63) is 124 Å². The van der Waals surface area contributed by atoms with Crippen LogP contribution in [-0.2, 0) is 16.4 Å². The van der Waals surface area contributed by atoms with E-state index in [0.717, 1.165) is 47.9 Å². The molecule has 0 spiro atoms. The minimum absolute atomic E-state index is 0.0184. The van der Waals surface area contributed by atoms with Gasteiger partial charge in [-0.3, -0.25) is 4.79 Å². The molecule has 4 fully saturated rings. The standard InChI is InChI=1S/C49H59NO5S2/c1-33-10-8-25-48(4)43(24-26-49(48,53)32-50(57(54,55)45-13-9-27-56-45)31-38-20-21-39-30-44(38)47(39,2)3)41-23-15-34(28-40(51)22-14-33)29-42(41)46(52)37-18-16-36(17-19-37)35-11-6-5-7-12-35/h5-7,9-13,15-19,23,27,29,38-40,43-44,51,53H,8,14,20-22,24-26,28,30-32H2,1-4H3. The first-order chi connectivity index (χ1) is 27.2. The van der Waals surface area contributed by atoms with Crippen molar-refractivity contribution >= 4 is 27.1 Å². The van der Waals surface area contributed by atoms with Crippen LogP contribution in [0.1, 0.15) is 118 Å². The van der Waals surface area contributed by atoms with Gasteiger partial charge in [0, 0.05) is 29.6 Å². The fourth-order valence-corrected chi connectivity index (χ4v) is 14.0. The molecule has 2 N–H and O–H groups in total. The fourth-order valence-electron chi connectivity index (χ4n) is 11.3. The highest BCUT2D eigenvalue weighted by Crippen LogP contribution is 2.62. The number of carbonyl (C=O) groups excluding carboxylic acids is 1. The second kappa shape index (κ2) is 15.6. The first-order valence-corrected chi connectivity index (χ1v) is 23.4. The summed E-state index contributed by atoms with van der Waals surface area (Å²) in [7, 11) is -3.88. The highest BCUT2D eigenvalue weighted by atomic mass is 32.2. The molecule has 57 heavy (non-hydrogen) atoms. The lowest BCUT2D eigenvalue weighted by Crippen LogP contribution is -2.58. The van der Waals surface area contributed by atoms with Gasteiger partial charge in [0.15, 0.2) is 5.78 Å². The van der Waals surface area contributed by atoms with Crippen molar-refractivity contribution < 1.29 is 23.4 Å². The van der Waals surface area contributed by atoms with Crippen LogP contribution >= 0.6 is 11.3 Å². The molecule has 8 heteroatoms. The van der Waals surface area contributed by atoms with Gasteiger partial charge in [0.25, 0.3) is 10.0 Å². The van der Waals surface area contributed by atoms with Crippen LogP contribution in [0.2, 0.25) is 0 Å². The Balaban J connectivity index is 1.19. The Hall–Kier alpha value is -3.40. The molecule has 6 nitrogen and oxygen atoms in total. The number of sulfonamides is 1. The van der Waals surface area contributed by atoms with Gasteiger partial charge in [-0.2, -0.15) is 4.31 Å². The predicted octanol–water partition coefficient (Wildman–Crippen LogP) is 10.4. The number of allylic oxidation sites excluding steroid dienone is 2. The molecule has 0 aliphatic heterocycles. The number of hydrogen-bond acceptors (Lipinski definition) is 6. The third kappa shape index (κ3) is 7.55. The molecule has 4 bridgehead atoms. The zero-order valence-corrected chi connectivity index (χ0v) is 35.6. The molecule has 1 aromatic heterocycles. The highest BCUT2D eigenvalue weighted by Gasteiger charge is 2.59. The number of aliphatic hydroxyl groups excluding tert-OH is 1. The molecule has 7 atom stereocenters. The number of benzene rings is 3. The third-order valence-corrected chi connectivity index (χ3v) is 18.3. The summed E-state index contributed by atoms with van der Waals surface area (Å²) in [6.45, 7) is 9.38. The van der Waals surface area contributed by atoms with Gasteiger partial charge < -0.3 is 10.2 Å². The number of rotatable bonds is 9.